The molecule has 0 unspecified atom stereocenters. The second-order valence-corrected chi connectivity index (χ2v) is 5.91. The molecule has 1 aromatic carbocycles. The lowest BCUT2D eigenvalue weighted by molar-refractivity contribution is 0.0701. The van der Waals surface area contributed by atoms with Crippen molar-refractivity contribution in [1.29, 1.82) is 0 Å². The molecule has 0 bridgehead atoms. The van der Waals surface area contributed by atoms with E-state index in [-0.39, 0.29) is 5.78 Å². The summed E-state index contributed by atoms with van der Waals surface area (Å²) in [7, 11) is 0. The molecule has 0 atom stereocenters. The predicted octanol–water partition coefficient (Wildman–Crippen LogP) is 4.19. The monoisotopic (exact) mass is 292 g/mol. The summed E-state index contributed by atoms with van der Waals surface area (Å²) in [6, 6.07) is 9.03. The van der Waals surface area contributed by atoms with Crippen molar-refractivity contribution in [3.05, 3.63) is 46.2 Å². The number of ketones is 1. The Balaban J connectivity index is 2.10. The zero-order valence-electron chi connectivity index (χ0n) is 10.3. The summed E-state index contributed by atoms with van der Waals surface area (Å²) < 4.78 is 0. The summed E-state index contributed by atoms with van der Waals surface area (Å²) >= 11 is 2.70. The van der Waals surface area contributed by atoms with Crippen LogP contribution in [0.2, 0.25) is 0 Å². The van der Waals surface area contributed by atoms with E-state index in [1.807, 2.05) is 24.4 Å². The van der Waals surface area contributed by atoms with Crippen LogP contribution in [0, 0.1) is 0 Å². The first-order chi connectivity index (χ1) is 9.10. The smallest absolute Gasteiger partial charge is 0.345 e. The molecule has 1 N–H and O–H groups in total. The highest BCUT2D eigenvalue weighted by Crippen LogP contribution is 2.31. The van der Waals surface area contributed by atoms with Gasteiger partial charge in [-0.25, -0.2) is 4.79 Å². The Morgan fingerprint density at radius 2 is 1.89 bits per heavy atom. The Morgan fingerprint density at radius 1 is 1.21 bits per heavy atom. The Labute approximate surface area is 119 Å². The molecule has 2 rings (SSSR count). The van der Waals surface area contributed by atoms with E-state index in [0.717, 1.165) is 9.79 Å². The molecular weight excluding hydrogens is 280 g/mol. The van der Waals surface area contributed by atoms with Crippen molar-refractivity contribution in [1.82, 2.24) is 0 Å². The predicted molar refractivity (Wildman–Crippen MR) is 76.5 cm³/mol. The molecule has 5 heteroatoms. The van der Waals surface area contributed by atoms with Gasteiger partial charge in [0.2, 0.25) is 0 Å². The van der Waals surface area contributed by atoms with Crippen LogP contribution in [0.15, 0.2) is 45.5 Å². The van der Waals surface area contributed by atoms with Gasteiger partial charge >= 0.3 is 5.97 Å². The molecule has 0 aliphatic heterocycles. The Bertz CT molecular complexity index is 599. The van der Waals surface area contributed by atoms with Crippen LogP contribution in [0.4, 0.5) is 0 Å². The third kappa shape index (κ3) is 3.45. The van der Waals surface area contributed by atoms with Crippen LogP contribution in [0.5, 0.6) is 0 Å². The van der Waals surface area contributed by atoms with Crippen molar-refractivity contribution >= 4 is 34.9 Å². The lowest BCUT2D eigenvalue weighted by Crippen LogP contribution is -1.95. The van der Waals surface area contributed by atoms with Crippen LogP contribution >= 0.6 is 23.1 Å². The Kier molecular flexibility index (Phi) is 4.39. The summed E-state index contributed by atoms with van der Waals surface area (Å²) in [4.78, 5) is 24.5. The minimum absolute atomic E-state index is 0.125. The second kappa shape index (κ2) is 6.04. The van der Waals surface area contributed by atoms with Gasteiger partial charge in [0.05, 0.1) is 0 Å². The third-order valence-electron chi connectivity index (χ3n) is 2.52. The van der Waals surface area contributed by atoms with Crippen LogP contribution in [-0.2, 0) is 0 Å². The van der Waals surface area contributed by atoms with Crippen molar-refractivity contribution in [2.45, 2.75) is 23.1 Å². The quantitative estimate of drug-likeness (QED) is 0.839. The summed E-state index contributed by atoms with van der Waals surface area (Å²) in [5, 5.41) is 10.7. The normalized spacial score (nSPS) is 10.4. The lowest BCUT2D eigenvalue weighted by Gasteiger charge is -2.01. The number of thiophene rings is 1. The SMILES string of the molecule is CCC(=O)c1ccc(Sc2csc(C(=O)O)c2)cc1. The van der Waals surface area contributed by atoms with Gasteiger partial charge in [0.25, 0.3) is 0 Å². The molecule has 1 heterocycles. The number of carbonyl (C=O) groups is 2. The number of aromatic carboxylic acids is 1. The van der Waals surface area contributed by atoms with Gasteiger partial charge in [0.1, 0.15) is 4.88 Å². The van der Waals surface area contributed by atoms with E-state index in [4.69, 9.17) is 5.11 Å². The van der Waals surface area contributed by atoms with Crippen LogP contribution in [0.1, 0.15) is 33.4 Å². The van der Waals surface area contributed by atoms with Gasteiger partial charge in [0.15, 0.2) is 5.78 Å². The topological polar surface area (TPSA) is 54.4 Å². The van der Waals surface area contributed by atoms with Gasteiger partial charge in [-0.3, -0.25) is 4.79 Å². The molecule has 0 amide bonds. The molecule has 0 radical (unpaired) electrons. The van der Waals surface area contributed by atoms with Crippen molar-refractivity contribution < 1.29 is 14.7 Å². The van der Waals surface area contributed by atoms with E-state index in [9.17, 15) is 9.59 Å². The molecule has 0 saturated heterocycles. The fraction of sp³-hybridized carbons (Fsp3) is 0.143. The molecule has 0 fully saturated rings. The molecule has 0 spiro atoms. The van der Waals surface area contributed by atoms with E-state index in [1.165, 1.54) is 23.1 Å². The Morgan fingerprint density at radius 3 is 2.42 bits per heavy atom. The van der Waals surface area contributed by atoms with Crippen molar-refractivity contribution in [3.63, 3.8) is 0 Å². The highest BCUT2D eigenvalue weighted by Gasteiger charge is 2.08. The minimum atomic E-state index is -0.902. The van der Waals surface area contributed by atoms with E-state index in [2.05, 4.69) is 0 Å². The molecular formula is C14H12O3S2. The molecule has 98 valence electrons. The number of Topliss-reactive ketones (excluding diaryl/α,β-unsaturated/α-hetero) is 1. The minimum Gasteiger partial charge on any atom is -0.477 e. The van der Waals surface area contributed by atoms with Crippen LogP contribution in [0.25, 0.3) is 0 Å². The first kappa shape index (κ1) is 13.8. The summed E-state index contributed by atoms with van der Waals surface area (Å²) in [5.41, 5.74) is 0.711. The fourth-order valence-corrected chi connectivity index (χ4v) is 3.27. The number of benzene rings is 1. The van der Waals surface area contributed by atoms with Gasteiger partial charge < -0.3 is 5.11 Å². The van der Waals surface area contributed by atoms with Gasteiger partial charge in [-0.05, 0) is 18.2 Å². The van der Waals surface area contributed by atoms with Gasteiger partial charge in [0, 0.05) is 27.2 Å². The maximum atomic E-state index is 11.5. The average Bonchev–Trinajstić information content (AvgIpc) is 2.87. The number of hydrogen-bond acceptors (Lipinski definition) is 4. The summed E-state index contributed by atoms with van der Waals surface area (Å²) in [6.45, 7) is 1.84. The zero-order valence-corrected chi connectivity index (χ0v) is 11.9. The third-order valence-corrected chi connectivity index (χ3v) is 4.57. The zero-order chi connectivity index (χ0) is 13.8. The first-order valence-corrected chi connectivity index (χ1v) is 7.42. The number of carbonyl (C=O) groups excluding carboxylic acids is 1. The molecule has 1 aromatic heterocycles. The number of rotatable bonds is 5. The molecule has 0 aliphatic carbocycles. The van der Waals surface area contributed by atoms with Gasteiger partial charge in [-0.1, -0.05) is 30.8 Å². The summed E-state index contributed by atoms with van der Waals surface area (Å²) in [5.74, 6) is -0.777. The highest BCUT2D eigenvalue weighted by atomic mass is 32.2. The van der Waals surface area contributed by atoms with E-state index >= 15 is 0 Å². The van der Waals surface area contributed by atoms with Gasteiger partial charge in [-0.15, -0.1) is 11.3 Å². The second-order valence-electron chi connectivity index (χ2n) is 3.85. The van der Waals surface area contributed by atoms with E-state index in [0.29, 0.717) is 16.9 Å². The number of hydrogen-bond donors (Lipinski definition) is 1. The first-order valence-electron chi connectivity index (χ1n) is 5.73. The van der Waals surface area contributed by atoms with Crippen molar-refractivity contribution in [2.75, 3.05) is 0 Å². The van der Waals surface area contributed by atoms with Gasteiger partial charge in [-0.2, -0.15) is 0 Å². The van der Waals surface area contributed by atoms with Crippen molar-refractivity contribution in [3.8, 4) is 0 Å². The number of carboxylic acids is 1. The highest BCUT2D eigenvalue weighted by molar-refractivity contribution is 7.99. The Hall–Kier alpha value is -1.59. The van der Waals surface area contributed by atoms with E-state index in [1.54, 1.807) is 18.2 Å². The largest absolute Gasteiger partial charge is 0.477 e. The van der Waals surface area contributed by atoms with Crippen molar-refractivity contribution in [2.24, 2.45) is 0 Å². The average molecular weight is 292 g/mol. The summed E-state index contributed by atoms with van der Waals surface area (Å²) in [6.07, 6.45) is 0.499. The lowest BCUT2D eigenvalue weighted by atomic mass is 10.1. The van der Waals surface area contributed by atoms with Crippen LogP contribution in [0.3, 0.4) is 0 Å². The van der Waals surface area contributed by atoms with E-state index < -0.39 is 5.97 Å². The van der Waals surface area contributed by atoms with Crippen LogP contribution in [-0.4, -0.2) is 16.9 Å². The molecule has 0 aliphatic rings. The fourth-order valence-electron chi connectivity index (χ4n) is 1.53. The maximum Gasteiger partial charge on any atom is 0.345 e. The maximum absolute atomic E-state index is 11.5. The molecule has 0 saturated carbocycles. The standard InChI is InChI=1S/C14H12O3S2/c1-2-12(15)9-3-5-10(6-4-9)19-11-7-13(14(16)17)18-8-11/h3-8H,2H2,1H3,(H,16,17). The number of carboxylic acid groups (broad SMARTS) is 1. The molecule has 3 nitrogen and oxygen atoms in total. The molecule has 19 heavy (non-hydrogen) atoms. The molecule has 2 aromatic rings. The van der Waals surface area contributed by atoms with Crippen LogP contribution < -0.4 is 0 Å².